The smallest absolute Gasteiger partial charge is 0.228 e. The van der Waals surface area contributed by atoms with E-state index in [1.165, 1.54) is 0 Å². The van der Waals surface area contributed by atoms with Gasteiger partial charge < -0.3 is 41.0 Å². The first-order valence-corrected chi connectivity index (χ1v) is 22.3. The molecule has 0 atom stereocenters. The number of nitrogens with two attached hydrogens (primary N) is 2. The molecule has 0 saturated carbocycles. The van der Waals surface area contributed by atoms with Crippen molar-refractivity contribution in [1.29, 1.82) is 0 Å². The van der Waals surface area contributed by atoms with Crippen molar-refractivity contribution in [1.82, 2.24) is 30.2 Å². The van der Waals surface area contributed by atoms with E-state index in [2.05, 4.69) is 35.1 Å². The molecule has 0 radical (unpaired) electrons. The van der Waals surface area contributed by atoms with Gasteiger partial charge in [0.05, 0.1) is 41.5 Å². The summed E-state index contributed by atoms with van der Waals surface area (Å²) in [4.78, 5) is 35.0. The maximum absolute atomic E-state index is 13.5. The second kappa shape index (κ2) is 16.7. The van der Waals surface area contributed by atoms with Gasteiger partial charge in [-0.05, 0) is 47.5 Å². The molecule has 4 fully saturated rings. The zero-order valence-corrected chi connectivity index (χ0v) is 34.5. The minimum atomic E-state index is -3.63. The van der Waals surface area contributed by atoms with Crippen LogP contribution in [0.3, 0.4) is 0 Å². The lowest BCUT2D eigenvalue weighted by molar-refractivity contribution is -0.142. The molecule has 2 aromatic carbocycles. The molecular formula is C39H50N10O7S2. The first-order valence-electron chi connectivity index (χ1n) is 19.2. The first-order chi connectivity index (χ1) is 27.6. The van der Waals surface area contributed by atoms with Crippen molar-refractivity contribution in [2.45, 2.75) is 41.1 Å². The SMILES string of the molecule is CC(C)(C)C(=O)N1CC(S(=O)(=O)c2cc(-c3cnc(N)nc3)cc(N3CCOCC3)c2)C1.Nc1ncc(-c2cc(N3CCOCC3)cc(S(=O)(=O)C3CNC3)c2)cn1. The van der Waals surface area contributed by atoms with Crippen molar-refractivity contribution in [3.8, 4) is 22.3 Å². The van der Waals surface area contributed by atoms with Crippen molar-refractivity contribution in [3.63, 3.8) is 0 Å². The topological polar surface area (TPSA) is 229 Å². The number of carbonyl (C=O) groups excluding carboxylic acids is 1. The number of sulfone groups is 2. The van der Waals surface area contributed by atoms with Gasteiger partial charge in [0.15, 0.2) is 19.7 Å². The zero-order chi connectivity index (χ0) is 41.2. The molecular weight excluding hydrogens is 785 g/mol. The number of hydrogen-bond donors (Lipinski definition) is 3. The number of nitrogens with zero attached hydrogens (tertiary/aromatic N) is 7. The van der Waals surface area contributed by atoms with Gasteiger partial charge in [0.25, 0.3) is 0 Å². The zero-order valence-electron chi connectivity index (χ0n) is 32.9. The summed E-state index contributed by atoms with van der Waals surface area (Å²) >= 11 is 0. The Balaban J connectivity index is 0.000000180. The van der Waals surface area contributed by atoms with Gasteiger partial charge in [-0.15, -0.1) is 0 Å². The minimum absolute atomic E-state index is 0.0364. The molecule has 5 N–H and O–H groups in total. The Labute approximate surface area is 339 Å². The van der Waals surface area contributed by atoms with Crippen molar-refractivity contribution in [2.75, 3.05) is 100 Å². The number of carbonyl (C=O) groups is 1. The average Bonchev–Trinajstić information content (AvgIpc) is 3.17. The number of rotatable bonds is 8. The van der Waals surface area contributed by atoms with Crippen LogP contribution in [0.15, 0.2) is 71.0 Å². The summed E-state index contributed by atoms with van der Waals surface area (Å²) in [6.07, 6.45) is 6.40. The number of hydrogen-bond acceptors (Lipinski definition) is 16. The monoisotopic (exact) mass is 834 g/mol. The number of amides is 1. The number of morpholine rings is 2. The van der Waals surface area contributed by atoms with Crippen LogP contribution in [-0.2, 0) is 33.9 Å². The van der Waals surface area contributed by atoms with E-state index >= 15 is 0 Å². The van der Waals surface area contributed by atoms with E-state index in [0.29, 0.717) is 68.6 Å². The van der Waals surface area contributed by atoms with Crippen LogP contribution in [0.25, 0.3) is 22.3 Å². The van der Waals surface area contributed by atoms with Gasteiger partial charge in [0, 0.05) is 105 Å². The Morgan fingerprint density at radius 1 is 0.638 bits per heavy atom. The molecule has 2 aromatic heterocycles. The van der Waals surface area contributed by atoms with Crippen LogP contribution in [0.1, 0.15) is 20.8 Å². The van der Waals surface area contributed by atoms with Crippen molar-refractivity contribution in [3.05, 3.63) is 61.2 Å². The number of nitrogen functional groups attached to an aromatic ring is 2. The molecule has 0 spiro atoms. The maximum Gasteiger partial charge on any atom is 0.228 e. The maximum atomic E-state index is 13.5. The summed E-state index contributed by atoms with van der Waals surface area (Å²) in [6.45, 7) is 12.2. The van der Waals surface area contributed by atoms with Crippen LogP contribution in [0, 0.1) is 5.41 Å². The second-order valence-electron chi connectivity index (χ2n) is 15.7. The molecule has 0 unspecified atom stereocenters. The first kappa shape index (κ1) is 41.2. The number of anilines is 4. The normalized spacial score (nSPS) is 18.2. The predicted octanol–water partition coefficient (Wildman–Crippen LogP) is 1.90. The van der Waals surface area contributed by atoms with E-state index in [1.54, 1.807) is 54.0 Å². The van der Waals surface area contributed by atoms with E-state index in [4.69, 9.17) is 20.9 Å². The fraction of sp³-hybridized carbons (Fsp3) is 0.462. The van der Waals surface area contributed by atoms with Crippen LogP contribution >= 0.6 is 0 Å². The number of likely N-dealkylation sites (tertiary alicyclic amines) is 1. The Hall–Kier alpha value is -4.95. The van der Waals surface area contributed by atoms with Crippen LogP contribution in [0.4, 0.5) is 23.3 Å². The van der Waals surface area contributed by atoms with Crippen LogP contribution in [0.5, 0.6) is 0 Å². The number of aromatic nitrogens is 4. The summed E-state index contributed by atoms with van der Waals surface area (Å²) in [5, 5.41) is 2.03. The fourth-order valence-corrected chi connectivity index (χ4v) is 10.3. The molecule has 4 aromatic rings. The van der Waals surface area contributed by atoms with Crippen molar-refractivity contribution in [2.24, 2.45) is 5.41 Å². The Bertz CT molecular complexity index is 2320. The quantitative estimate of drug-likeness (QED) is 0.230. The molecule has 310 valence electrons. The molecule has 19 heteroatoms. The lowest BCUT2D eigenvalue weighted by atomic mass is 9.93. The third-order valence-corrected chi connectivity index (χ3v) is 14.8. The largest absolute Gasteiger partial charge is 0.378 e. The van der Waals surface area contributed by atoms with Gasteiger partial charge in [0.1, 0.15) is 5.25 Å². The summed E-state index contributed by atoms with van der Waals surface area (Å²) in [6, 6.07) is 10.7. The van der Waals surface area contributed by atoms with Gasteiger partial charge >= 0.3 is 0 Å². The number of benzene rings is 2. The summed E-state index contributed by atoms with van der Waals surface area (Å²) < 4.78 is 63.7. The van der Waals surface area contributed by atoms with Gasteiger partial charge in [-0.1, -0.05) is 20.8 Å². The highest BCUT2D eigenvalue weighted by atomic mass is 32.2. The standard InChI is InChI=1S/C22H29N5O4S.C17H21N5O3S/c1-22(2,3)20(28)27-13-19(14-27)32(29,30)18-9-15(16-11-24-21(23)25-12-16)8-17(10-18)26-4-6-31-7-5-26;18-17-20-8-13(9-21-17)12-5-14(22-1-3-25-4-2-22)7-15(6-12)26(23,24)16-10-19-11-16/h8-12,19H,4-7,13-14H2,1-3H3,(H2,23,24,25);5-9,16,19H,1-4,10-11H2,(H2,18,20,21). The summed E-state index contributed by atoms with van der Waals surface area (Å²) in [5.41, 5.74) is 15.2. The van der Waals surface area contributed by atoms with Gasteiger partial charge in [-0.2, -0.15) is 0 Å². The minimum Gasteiger partial charge on any atom is -0.378 e. The molecule has 0 aliphatic carbocycles. The summed E-state index contributed by atoms with van der Waals surface area (Å²) in [7, 11) is -7.02. The van der Waals surface area contributed by atoms with E-state index in [1.807, 2.05) is 32.9 Å². The molecule has 0 bridgehead atoms. The highest BCUT2D eigenvalue weighted by molar-refractivity contribution is 7.92. The summed E-state index contributed by atoms with van der Waals surface area (Å²) in [5.74, 6) is 0.307. The van der Waals surface area contributed by atoms with Crippen molar-refractivity contribution < 1.29 is 31.1 Å². The van der Waals surface area contributed by atoms with Gasteiger partial charge in [0.2, 0.25) is 17.8 Å². The van der Waals surface area contributed by atoms with E-state index in [9.17, 15) is 21.6 Å². The van der Waals surface area contributed by atoms with Crippen molar-refractivity contribution >= 4 is 48.9 Å². The van der Waals surface area contributed by atoms with E-state index in [0.717, 1.165) is 35.6 Å². The second-order valence-corrected chi connectivity index (χ2v) is 20.2. The highest BCUT2D eigenvalue weighted by Gasteiger charge is 2.43. The molecule has 17 nitrogen and oxygen atoms in total. The van der Waals surface area contributed by atoms with Gasteiger partial charge in [-0.3, -0.25) is 4.79 Å². The van der Waals surface area contributed by atoms with Gasteiger partial charge in [-0.25, -0.2) is 36.8 Å². The molecule has 1 amide bonds. The molecule has 4 aliphatic rings. The Morgan fingerprint density at radius 3 is 1.40 bits per heavy atom. The molecule has 4 aliphatic heterocycles. The average molecular weight is 835 g/mol. The number of nitrogens with one attached hydrogen (secondary N) is 1. The van der Waals surface area contributed by atoms with E-state index < -0.39 is 30.3 Å². The molecule has 4 saturated heterocycles. The lowest BCUT2D eigenvalue weighted by Gasteiger charge is -2.41. The third-order valence-electron chi connectivity index (χ3n) is 10.6. The fourth-order valence-electron chi connectivity index (χ4n) is 6.95. The molecule has 8 rings (SSSR count). The highest BCUT2D eigenvalue weighted by Crippen LogP contribution is 2.35. The Kier molecular flexibility index (Phi) is 11.9. The Morgan fingerprint density at radius 2 is 1.03 bits per heavy atom. The van der Waals surface area contributed by atoms with Crippen LogP contribution in [-0.4, -0.2) is 137 Å². The number of ether oxygens (including phenoxy) is 2. The molecule has 58 heavy (non-hydrogen) atoms. The third kappa shape index (κ3) is 9.02. The lowest BCUT2D eigenvalue weighted by Crippen LogP contribution is -2.59. The van der Waals surface area contributed by atoms with Crippen LogP contribution < -0.4 is 26.6 Å². The van der Waals surface area contributed by atoms with E-state index in [-0.39, 0.29) is 41.0 Å². The predicted molar refractivity (Wildman–Crippen MR) is 221 cm³/mol. The molecule has 6 heterocycles. The van der Waals surface area contributed by atoms with Crippen LogP contribution in [0.2, 0.25) is 0 Å².